The van der Waals surface area contributed by atoms with Crippen molar-refractivity contribution in [3.8, 4) is 5.75 Å². The number of β-amino-alcohol motifs (C(OH)–C–C–N with tert-alkyl or cyclic N) is 1. The van der Waals surface area contributed by atoms with Crippen molar-refractivity contribution in [2.75, 3.05) is 57.4 Å². The van der Waals surface area contributed by atoms with Gasteiger partial charge in [0, 0.05) is 34.2 Å². The number of piperazine rings is 1. The third-order valence-corrected chi connectivity index (χ3v) is 3.58. The van der Waals surface area contributed by atoms with Crippen LogP contribution in [0.2, 0.25) is 0 Å². The van der Waals surface area contributed by atoms with E-state index in [2.05, 4.69) is 28.6 Å². The molecule has 1 aliphatic rings. The first kappa shape index (κ1) is 25.5. The van der Waals surface area contributed by atoms with Gasteiger partial charge in [0.1, 0.15) is 11.6 Å². The second-order valence-electron chi connectivity index (χ2n) is 5.96. The minimum absolute atomic E-state index is 0. The third-order valence-electron chi connectivity index (χ3n) is 3.58. The van der Waals surface area contributed by atoms with Gasteiger partial charge in [-0.3, -0.25) is 4.90 Å². The van der Waals surface area contributed by atoms with E-state index in [1.54, 1.807) is 12.1 Å². The van der Waals surface area contributed by atoms with E-state index < -0.39 is 19.1 Å². The van der Waals surface area contributed by atoms with Crippen LogP contribution in [0, 0.1) is 0 Å². The van der Waals surface area contributed by atoms with E-state index in [9.17, 15) is 8.78 Å². The van der Waals surface area contributed by atoms with Crippen molar-refractivity contribution in [1.29, 1.82) is 0 Å². The summed E-state index contributed by atoms with van der Waals surface area (Å²) in [6.45, 7) is 11.0. The number of hydrogen-bond acceptors (Lipinski definition) is 6. The highest BCUT2D eigenvalue weighted by molar-refractivity contribution is 5.41. The highest BCUT2D eigenvalue weighted by Crippen LogP contribution is 2.19. The molecule has 1 aromatic rings. The molecular formula is C19H38F2N4O2. The van der Waals surface area contributed by atoms with Crippen molar-refractivity contribution in [2.24, 2.45) is 5.73 Å². The summed E-state index contributed by atoms with van der Waals surface area (Å²) in [6, 6.07) is 3.40. The van der Waals surface area contributed by atoms with Gasteiger partial charge in [-0.15, -0.1) is 0 Å². The van der Waals surface area contributed by atoms with Crippen LogP contribution in [-0.4, -0.2) is 73.4 Å². The van der Waals surface area contributed by atoms with Gasteiger partial charge in [0.25, 0.3) is 5.92 Å². The number of ether oxygens (including phenoxy) is 1. The van der Waals surface area contributed by atoms with Gasteiger partial charge in [-0.2, -0.15) is 0 Å². The summed E-state index contributed by atoms with van der Waals surface area (Å²) in [5.41, 5.74) is 4.95. The van der Waals surface area contributed by atoms with Crippen molar-refractivity contribution in [2.45, 2.75) is 40.0 Å². The van der Waals surface area contributed by atoms with Crippen LogP contribution < -0.4 is 15.4 Å². The Bertz CT molecular complexity index is 474. The maximum absolute atomic E-state index is 13.0. The highest BCUT2D eigenvalue weighted by Gasteiger charge is 2.27. The van der Waals surface area contributed by atoms with Crippen molar-refractivity contribution in [3.05, 3.63) is 18.3 Å². The Labute approximate surface area is 163 Å². The summed E-state index contributed by atoms with van der Waals surface area (Å²) in [5, 5.41) is 8.91. The quantitative estimate of drug-likeness (QED) is 0.743. The first-order chi connectivity index (χ1) is 13.0. The molecule has 8 heteroatoms. The molecule has 3 N–H and O–H groups in total. The highest BCUT2D eigenvalue weighted by atomic mass is 19.3. The van der Waals surface area contributed by atoms with Gasteiger partial charge in [0.2, 0.25) is 0 Å². The van der Waals surface area contributed by atoms with Crippen LogP contribution in [0.5, 0.6) is 5.75 Å². The molecule has 1 aliphatic heterocycles. The Kier molecular flexibility index (Phi) is 13.7. The monoisotopic (exact) mass is 392 g/mol. The zero-order chi connectivity index (χ0) is 20.7. The second-order valence-corrected chi connectivity index (χ2v) is 5.96. The van der Waals surface area contributed by atoms with Crippen LogP contribution in [0.3, 0.4) is 0 Å². The van der Waals surface area contributed by atoms with E-state index in [-0.39, 0.29) is 8.03 Å². The standard InChI is InChI=1S/C14H22F2N4O2.C3H8.C2H6.H2/c15-14(16,10-17)11-22-12-1-2-13(18-9-12)20-5-3-19(4-6-20)7-8-21;1-3-2;1-2;/h1-2,9,21H,3-8,10-11,17H2;3H2,1-2H3;1-2H3;1H. The molecule has 0 radical (unpaired) electrons. The van der Waals surface area contributed by atoms with E-state index in [4.69, 9.17) is 15.6 Å². The number of hydrogen-bond donors (Lipinski definition) is 2. The summed E-state index contributed by atoms with van der Waals surface area (Å²) in [4.78, 5) is 8.56. The van der Waals surface area contributed by atoms with Gasteiger partial charge in [-0.05, 0) is 12.1 Å². The zero-order valence-electron chi connectivity index (χ0n) is 17.1. The predicted octanol–water partition coefficient (Wildman–Crippen LogP) is 2.86. The molecule has 0 atom stereocenters. The van der Waals surface area contributed by atoms with Crippen molar-refractivity contribution in [1.82, 2.24) is 9.88 Å². The lowest BCUT2D eigenvalue weighted by molar-refractivity contribution is -0.0320. The average Bonchev–Trinajstić information content (AvgIpc) is 2.70. The van der Waals surface area contributed by atoms with Crippen molar-refractivity contribution < 1.29 is 20.1 Å². The van der Waals surface area contributed by atoms with Gasteiger partial charge < -0.3 is 20.5 Å². The minimum atomic E-state index is -3.03. The van der Waals surface area contributed by atoms with E-state index in [1.807, 2.05) is 13.8 Å². The number of alkyl halides is 2. The maximum Gasteiger partial charge on any atom is 0.293 e. The number of nitrogens with zero attached hydrogens (tertiary/aromatic N) is 3. The molecule has 0 bridgehead atoms. The van der Waals surface area contributed by atoms with Crippen LogP contribution in [-0.2, 0) is 0 Å². The molecule has 0 spiro atoms. The topological polar surface area (TPSA) is 74.9 Å². The van der Waals surface area contributed by atoms with Gasteiger partial charge in [0.05, 0.1) is 19.3 Å². The molecule has 0 aromatic carbocycles. The summed E-state index contributed by atoms with van der Waals surface area (Å²) in [7, 11) is 0. The van der Waals surface area contributed by atoms with Crippen LogP contribution in [0.15, 0.2) is 18.3 Å². The van der Waals surface area contributed by atoms with Crippen LogP contribution in [0.25, 0.3) is 0 Å². The van der Waals surface area contributed by atoms with Crippen molar-refractivity contribution in [3.63, 3.8) is 0 Å². The normalized spacial score (nSPS) is 14.6. The molecule has 0 aliphatic carbocycles. The number of aliphatic hydroxyl groups excluding tert-OH is 1. The van der Waals surface area contributed by atoms with Crippen LogP contribution in [0.1, 0.15) is 35.5 Å². The molecule has 1 fully saturated rings. The lowest BCUT2D eigenvalue weighted by Gasteiger charge is -2.35. The van der Waals surface area contributed by atoms with E-state index in [0.717, 1.165) is 32.0 Å². The Hall–Kier alpha value is -1.51. The van der Waals surface area contributed by atoms with E-state index in [1.165, 1.54) is 12.6 Å². The van der Waals surface area contributed by atoms with Gasteiger partial charge in [0.15, 0.2) is 6.61 Å². The molecule has 27 heavy (non-hydrogen) atoms. The number of rotatable bonds is 7. The Morgan fingerprint density at radius 1 is 1.22 bits per heavy atom. The Morgan fingerprint density at radius 2 is 1.81 bits per heavy atom. The van der Waals surface area contributed by atoms with Gasteiger partial charge >= 0.3 is 0 Å². The maximum atomic E-state index is 13.0. The fourth-order valence-electron chi connectivity index (χ4n) is 2.23. The second kappa shape index (κ2) is 14.5. The molecule has 2 rings (SSSR count). The van der Waals surface area contributed by atoms with Crippen LogP contribution in [0.4, 0.5) is 14.6 Å². The summed E-state index contributed by atoms with van der Waals surface area (Å²) in [6.07, 6.45) is 2.70. The molecule has 0 saturated carbocycles. The molecule has 1 saturated heterocycles. The Balaban J connectivity index is 0. The fraction of sp³-hybridized carbons (Fsp3) is 0.737. The smallest absolute Gasteiger partial charge is 0.293 e. The number of aromatic nitrogens is 1. The predicted molar refractivity (Wildman–Crippen MR) is 109 cm³/mol. The number of anilines is 1. The average molecular weight is 393 g/mol. The van der Waals surface area contributed by atoms with Gasteiger partial charge in [-0.25, -0.2) is 13.8 Å². The largest absolute Gasteiger partial charge is 0.486 e. The number of aliphatic hydroxyl groups is 1. The van der Waals surface area contributed by atoms with Crippen molar-refractivity contribution >= 4 is 5.82 Å². The number of pyridine rings is 1. The van der Waals surface area contributed by atoms with Crippen LogP contribution >= 0.6 is 0 Å². The Morgan fingerprint density at radius 3 is 2.26 bits per heavy atom. The minimum Gasteiger partial charge on any atom is -0.486 e. The number of nitrogens with two attached hydrogens (primary N) is 1. The first-order valence-corrected chi connectivity index (χ1v) is 9.70. The number of halogens is 2. The summed E-state index contributed by atoms with van der Waals surface area (Å²) in [5.74, 6) is -1.93. The first-order valence-electron chi connectivity index (χ1n) is 9.70. The molecule has 0 amide bonds. The molecule has 160 valence electrons. The zero-order valence-corrected chi connectivity index (χ0v) is 17.1. The molecule has 0 unspecified atom stereocenters. The fourth-order valence-corrected chi connectivity index (χ4v) is 2.23. The molecule has 1 aromatic heterocycles. The lowest BCUT2D eigenvalue weighted by Crippen LogP contribution is -2.47. The van der Waals surface area contributed by atoms with E-state index in [0.29, 0.717) is 12.3 Å². The summed E-state index contributed by atoms with van der Waals surface area (Å²) < 4.78 is 31.0. The molecule has 6 nitrogen and oxygen atoms in total. The molecule has 2 heterocycles. The third kappa shape index (κ3) is 10.4. The lowest BCUT2D eigenvalue weighted by atomic mass is 10.3. The SMILES string of the molecule is CC.CCC.NCC(F)(F)COc1ccc(N2CCN(CCO)CC2)nc1.[HH]. The van der Waals surface area contributed by atoms with Gasteiger partial charge in [-0.1, -0.05) is 34.1 Å². The van der Waals surface area contributed by atoms with E-state index >= 15 is 0 Å². The summed E-state index contributed by atoms with van der Waals surface area (Å²) >= 11 is 0. The molecular weight excluding hydrogens is 354 g/mol.